The predicted octanol–water partition coefficient (Wildman–Crippen LogP) is 1.73. The molecule has 2 aromatic rings. The zero-order chi connectivity index (χ0) is 9.10. The highest BCUT2D eigenvalue weighted by Crippen LogP contribution is 2.16. The second-order valence-corrected chi connectivity index (χ2v) is 3.13. The van der Waals surface area contributed by atoms with Gasteiger partial charge in [-0.25, -0.2) is 0 Å². The van der Waals surface area contributed by atoms with Crippen LogP contribution in [0.3, 0.4) is 0 Å². The Morgan fingerprint density at radius 1 is 1.54 bits per heavy atom. The lowest BCUT2D eigenvalue weighted by Gasteiger charge is -1.96. The van der Waals surface area contributed by atoms with Crippen molar-refractivity contribution in [2.75, 3.05) is 13.6 Å². The van der Waals surface area contributed by atoms with Gasteiger partial charge in [-0.15, -0.1) is 0 Å². The Balaban J connectivity index is 2.35. The Bertz CT molecular complexity index is 390. The van der Waals surface area contributed by atoms with Crippen LogP contribution in [0.5, 0.6) is 0 Å². The van der Waals surface area contributed by atoms with E-state index < -0.39 is 0 Å². The minimum Gasteiger partial charge on any atom is -0.361 e. The summed E-state index contributed by atoms with van der Waals surface area (Å²) in [6.45, 7) is 1.01. The molecule has 0 spiro atoms. The molecule has 0 aliphatic rings. The fourth-order valence-corrected chi connectivity index (χ4v) is 1.52. The molecule has 1 heterocycles. The summed E-state index contributed by atoms with van der Waals surface area (Å²) in [6.07, 6.45) is 3.12. The molecule has 13 heavy (non-hydrogen) atoms. The van der Waals surface area contributed by atoms with Crippen LogP contribution in [0.15, 0.2) is 24.4 Å². The zero-order valence-electron chi connectivity index (χ0n) is 7.72. The first-order valence-corrected chi connectivity index (χ1v) is 4.53. The molecular weight excluding hydrogens is 160 g/mol. The number of hydrogen-bond donors (Lipinski definition) is 2. The van der Waals surface area contributed by atoms with Crippen molar-refractivity contribution in [1.29, 1.82) is 0 Å². The summed E-state index contributed by atoms with van der Waals surface area (Å²) in [5.74, 6) is 0. The standard InChI is InChI=1S/C11H13N2/c1-12-7-6-9-8-13-11-5-3-2-4-10(9)11/h2-3,5,8,12-13H,6-7H2,1H3. The third-order valence-corrected chi connectivity index (χ3v) is 2.22. The van der Waals surface area contributed by atoms with Gasteiger partial charge < -0.3 is 10.3 Å². The van der Waals surface area contributed by atoms with Gasteiger partial charge in [0.2, 0.25) is 0 Å². The van der Waals surface area contributed by atoms with Crippen molar-refractivity contribution >= 4 is 10.9 Å². The molecular formula is C11H13N2. The van der Waals surface area contributed by atoms with E-state index in [4.69, 9.17) is 0 Å². The molecule has 0 amide bonds. The Hall–Kier alpha value is -1.28. The second-order valence-electron chi connectivity index (χ2n) is 3.13. The van der Waals surface area contributed by atoms with Crippen molar-refractivity contribution in [1.82, 2.24) is 10.3 Å². The molecule has 1 aromatic carbocycles. The van der Waals surface area contributed by atoms with E-state index in [0.29, 0.717) is 0 Å². The molecule has 67 valence electrons. The third-order valence-electron chi connectivity index (χ3n) is 2.22. The summed E-state index contributed by atoms with van der Waals surface area (Å²) in [4.78, 5) is 3.24. The maximum Gasteiger partial charge on any atom is 0.0463 e. The van der Waals surface area contributed by atoms with Gasteiger partial charge in [0, 0.05) is 17.1 Å². The predicted molar refractivity (Wildman–Crippen MR) is 54.8 cm³/mol. The third kappa shape index (κ3) is 1.58. The molecule has 0 bridgehead atoms. The highest BCUT2D eigenvalue weighted by Gasteiger charge is 2.01. The number of aromatic nitrogens is 1. The number of benzene rings is 1. The minimum absolute atomic E-state index is 1.01. The molecule has 0 aliphatic heterocycles. The molecule has 1 radical (unpaired) electrons. The number of H-pyrrole nitrogens is 1. The largest absolute Gasteiger partial charge is 0.361 e. The molecule has 1 aromatic heterocycles. The summed E-state index contributed by atoms with van der Waals surface area (Å²) >= 11 is 0. The Morgan fingerprint density at radius 3 is 3.31 bits per heavy atom. The minimum atomic E-state index is 1.01. The molecule has 0 aliphatic carbocycles. The molecule has 0 atom stereocenters. The van der Waals surface area contributed by atoms with Crippen molar-refractivity contribution in [3.63, 3.8) is 0 Å². The summed E-state index contributed by atoms with van der Waals surface area (Å²) in [6, 6.07) is 9.29. The van der Waals surface area contributed by atoms with Crippen LogP contribution in [0.4, 0.5) is 0 Å². The number of nitrogens with one attached hydrogen (secondary N) is 2. The van der Waals surface area contributed by atoms with Crippen molar-refractivity contribution in [2.24, 2.45) is 0 Å². The number of hydrogen-bond acceptors (Lipinski definition) is 1. The van der Waals surface area contributed by atoms with Gasteiger partial charge in [0.05, 0.1) is 0 Å². The van der Waals surface area contributed by atoms with Crippen LogP contribution in [0.2, 0.25) is 0 Å². The van der Waals surface area contributed by atoms with Crippen LogP contribution >= 0.6 is 0 Å². The smallest absolute Gasteiger partial charge is 0.0463 e. The van der Waals surface area contributed by atoms with Crippen LogP contribution in [-0.2, 0) is 6.42 Å². The van der Waals surface area contributed by atoms with E-state index in [1.165, 1.54) is 16.5 Å². The van der Waals surface area contributed by atoms with Gasteiger partial charge >= 0.3 is 0 Å². The summed E-state index contributed by atoms with van der Waals surface area (Å²) in [5, 5.41) is 4.36. The van der Waals surface area contributed by atoms with Crippen LogP contribution in [0, 0.1) is 6.07 Å². The van der Waals surface area contributed by atoms with E-state index in [1.54, 1.807) is 0 Å². The Kier molecular flexibility index (Phi) is 2.32. The lowest BCUT2D eigenvalue weighted by atomic mass is 10.1. The quantitative estimate of drug-likeness (QED) is 0.727. The van der Waals surface area contributed by atoms with Gasteiger partial charge in [0.15, 0.2) is 0 Å². The van der Waals surface area contributed by atoms with E-state index in [1.807, 2.05) is 19.2 Å². The highest BCUT2D eigenvalue weighted by atomic mass is 14.8. The first-order valence-electron chi connectivity index (χ1n) is 4.53. The van der Waals surface area contributed by atoms with Crippen molar-refractivity contribution < 1.29 is 0 Å². The number of aromatic amines is 1. The fourth-order valence-electron chi connectivity index (χ4n) is 1.52. The van der Waals surface area contributed by atoms with E-state index in [9.17, 15) is 0 Å². The maximum absolute atomic E-state index is 3.25. The average Bonchev–Trinajstić information content (AvgIpc) is 2.58. The van der Waals surface area contributed by atoms with E-state index in [-0.39, 0.29) is 0 Å². The van der Waals surface area contributed by atoms with E-state index >= 15 is 0 Å². The van der Waals surface area contributed by atoms with Crippen LogP contribution < -0.4 is 5.32 Å². The fraction of sp³-hybridized carbons (Fsp3) is 0.273. The monoisotopic (exact) mass is 173 g/mol. The molecule has 2 nitrogen and oxygen atoms in total. The van der Waals surface area contributed by atoms with Gasteiger partial charge in [-0.2, -0.15) is 0 Å². The normalized spacial score (nSPS) is 10.8. The average molecular weight is 173 g/mol. The highest BCUT2D eigenvalue weighted by molar-refractivity contribution is 5.82. The Labute approximate surface area is 78.0 Å². The molecule has 0 unspecified atom stereocenters. The van der Waals surface area contributed by atoms with Gasteiger partial charge in [-0.3, -0.25) is 0 Å². The van der Waals surface area contributed by atoms with Crippen molar-refractivity contribution in [2.45, 2.75) is 6.42 Å². The van der Waals surface area contributed by atoms with Crippen LogP contribution in [-0.4, -0.2) is 18.6 Å². The molecule has 2 heteroatoms. The molecule has 2 rings (SSSR count). The number of rotatable bonds is 3. The first kappa shape index (κ1) is 8.32. The van der Waals surface area contributed by atoms with Crippen LogP contribution in [0.1, 0.15) is 5.56 Å². The Morgan fingerprint density at radius 2 is 2.46 bits per heavy atom. The van der Waals surface area contributed by atoms with Crippen molar-refractivity contribution in [3.05, 3.63) is 36.0 Å². The van der Waals surface area contributed by atoms with E-state index in [2.05, 4.69) is 28.6 Å². The van der Waals surface area contributed by atoms with E-state index in [0.717, 1.165) is 13.0 Å². The first-order chi connectivity index (χ1) is 6.42. The van der Waals surface area contributed by atoms with Gasteiger partial charge in [-0.1, -0.05) is 12.1 Å². The molecule has 2 N–H and O–H groups in total. The molecule has 0 saturated carbocycles. The summed E-state index contributed by atoms with van der Waals surface area (Å²) < 4.78 is 0. The lowest BCUT2D eigenvalue weighted by molar-refractivity contribution is 0.795. The topological polar surface area (TPSA) is 27.8 Å². The second kappa shape index (κ2) is 3.62. The zero-order valence-corrected chi connectivity index (χ0v) is 7.72. The van der Waals surface area contributed by atoms with Crippen molar-refractivity contribution in [3.8, 4) is 0 Å². The maximum atomic E-state index is 3.25. The molecule has 0 saturated heterocycles. The van der Waals surface area contributed by atoms with Crippen LogP contribution in [0.25, 0.3) is 10.9 Å². The lowest BCUT2D eigenvalue weighted by Crippen LogP contribution is -2.09. The van der Waals surface area contributed by atoms with Gasteiger partial charge in [0.1, 0.15) is 0 Å². The van der Waals surface area contributed by atoms with Gasteiger partial charge in [-0.05, 0) is 37.7 Å². The molecule has 0 fully saturated rings. The number of likely N-dealkylation sites (N-methyl/N-ethyl adjacent to an activating group) is 1. The van der Waals surface area contributed by atoms with Gasteiger partial charge in [0.25, 0.3) is 0 Å². The summed E-state index contributed by atoms with van der Waals surface area (Å²) in [5.41, 5.74) is 2.51. The SMILES string of the molecule is CNCCc1c[nH]c2ccc[c]c12. The number of fused-ring (bicyclic) bond motifs is 1. The summed E-state index contributed by atoms with van der Waals surface area (Å²) in [7, 11) is 1.97.